The van der Waals surface area contributed by atoms with E-state index in [-0.39, 0.29) is 24.3 Å². The zero-order valence-corrected chi connectivity index (χ0v) is 16.4. The summed E-state index contributed by atoms with van der Waals surface area (Å²) in [5.74, 6) is 0.0602. The van der Waals surface area contributed by atoms with E-state index in [9.17, 15) is 14.7 Å². The number of amides is 2. The summed E-state index contributed by atoms with van der Waals surface area (Å²) in [7, 11) is 1.62. The summed E-state index contributed by atoms with van der Waals surface area (Å²) < 4.78 is 10.7. The van der Waals surface area contributed by atoms with Gasteiger partial charge in [-0.05, 0) is 37.3 Å². The molecule has 0 unspecified atom stereocenters. The number of nitrogens with one attached hydrogen (secondary N) is 1. The molecular formula is C21H30N2O5. The van der Waals surface area contributed by atoms with E-state index in [2.05, 4.69) is 5.32 Å². The predicted molar refractivity (Wildman–Crippen MR) is 104 cm³/mol. The number of hydrogen-bond donors (Lipinski definition) is 2. The molecule has 154 valence electrons. The minimum atomic E-state index is -0.718. The third-order valence-electron chi connectivity index (χ3n) is 5.68. The zero-order valence-electron chi connectivity index (χ0n) is 16.4. The quantitative estimate of drug-likeness (QED) is 0.756. The van der Waals surface area contributed by atoms with Crippen LogP contribution in [0.25, 0.3) is 0 Å². The minimum Gasteiger partial charge on any atom is -0.496 e. The van der Waals surface area contributed by atoms with E-state index in [1.165, 1.54) is 0 Å². The van der Waals surface area contributed by atoms with Gasteiger partial charge < -0.3 is 24.8 Å². The largest absolute Gasteiger partial charge is 0.496 e. The topological polar surface area (TPSA) is 88.1 Å². The SMILES string of the molecule is COc1ccccc1CCNC(=O)[C@H]1CN(C(=O)C2CCOCC2)CC[C@H]1O. The highest BCUT2D eigenvalue weighted by Gasteiger charge is 2.37. The molecule has 2 heterocycles. The monoisotopic (exact) mass is 390 g/mol. The van der Waals surface area contributed by atoms with Crippen molar-refractivity contribution in [2.45, 2.75) is 31.8 Å². The second kappa shape index (κ2) is 9.89. The van der Waals surface area contributed by atoms with Crippen LogP contribution in [0.5, 0.6) is 5.75 Å². The van der Waals surface area contributed by atoms with Crippen molar-refractivity contribution in [3.8, 4) is 5.75 Å². The van der Waals surface area contributed by atoms with Crippen molar-refractivity contribution in [3.05, 3.63) is 29.8 Å². The Morgan fingerprint density at radius 3 is 2.75 bits per heavy atom. The van der Waals surface area contributed by atoms with Crippen LogP contribution in [-0.2, 0) is 20.7 Å². The molecule has 2 saturated heterocycles. The molecule has 7 nitrogen and oxygen atoms in total. The molecule has 7 heteroatoms. The van der Waals surface area contributed by atoms with Crippen molar-refractivity contribution in [2.24, 2.45) is 11.8 Å². The zero-order chi connectivity index (χ0) is 19.9. The van der Waals surface area contributed by atoms with Crippen LogP contribution in [0.4, 0.5) is 0 Å². The molecule has 0 aliphatic carbocycles. The molecule has 0 saturated carbocycles. The van der Waals surface area contributed by atoms with Gasteiger partial charge in [0.15, 0.2) is 0 Å². The first-order valence-corrected chi connectivity index (χ1v) is 10.0. The van der Waals surface area contributed by atoms with Gasteiger partial charge in [0.05, 0.1) is 19.1 Å². The number of ether oxygens (including phenoxy) is 2. The third-order valence-corrected chi connectivity index (χ3v) is 5.68. The van der Waals surface area contributed by atoms with E-state index >= 15 is 0 Å². The molecular weight excluding hydrogens is 360 g/mol. The molecule has 0 aromatic heterocycles. The average molecular weight is 390 g/mol. The van der Waals surface area contributed by atoms with E-state index in [1.54, 1.807) is 12.0 Å². The maximum Gasteiger partial charge on any atom is 0.227 e. The van der Waals surface area contributed by atoms with Crippen molar-refractivity contribution < 1.29 is 24.2 Å². The highest BCUT2D eigenvalue weighted by atomic mass is 16.5. The highest BCUT2D eigenvalue weighted by molar-refractivity contribution is 5.83. The predicted octanol–water partition coefficient (Wildman–Crippen LogP) is 0.990. The summed E-state index contributed by atoms with van der Waals surface area (Å²) in [6.07, 6.45) is 1.81. The Balaban J connectivity index is 1.52. The molecule has 0 spiro atoms. The lowest BCUT2D eigenvalue weighted by Crippen LogP contribution is -2.53. The smallest absolute Gasteiger partial charge is 0.227 e. The van der Waals surface area contributed by atoms with E-state index in [0.29, 0.717) is 39.1 Å². The van der Waals surface area contributed by atoms with Crippen molar-refractivity contribution in [1.29, 1.82) is 0 Å². The molecule has 2 atom stereocenters. The van der Waals surface area contributed by atoms with E-state index < -0.39 is 12.0 Å². The first-order valence-electron chi connectivity index (χ1n) is 10.0. The molecule has 0 radical (unpaired) electrons. The number of hydrogen-bond acceptors (Lipinski definition) is 5. The van der Waals surface area contributed by atoms with E-state index in [1.807, 2.05) is 24.3 Å². The van der Waals surface area contributed by atoms with Crippen LogP contribution >= 0.6 is 0 Å². The first-order chi connectivity index (χ1) is 13.6. The van der Waals surface area contributed by atoms with E-state index in [4.69, 9.17) is 9.47 Å². The summed E-state index contributed by atoms with van der Waals surface area (Å²) >= 11 is 0. The molecule has 3 rings (SSSR count). The number of benzene rings is 1. The standard InChI is InChI=1S/C21H30N2O5/c1-27-19-5-3-2-4-15(19)6-10-22-20(25)17-14-23(11-7-18(17)24)21(26)16-8-12-28-13-9-16/h2-5,16-18,24H,6-14H2,1H3,(H,22,25)/t17-,18+/m0/s1. The van der Waals surface area contributed by atoms with Crippen LogP contribution in [0.1, 0.15) is 24.8 Å². The van der Waals surface area contributed by atoms with Crippen LogP contribution in [0.15, 0.2) is 24.3 Å². The van der Waals surface area contributed by atoms with Crippen molar-refractivity contribution in [1.82, 2.24) is 10.2 Å². The first kappa shape index (κ1) is 20.6. The Hall–Kier alpha value is -2.12. The highest BCUT2D eigenvalue weighted by Crippen LogP contribution is 2.23. The number of aliphatic hydroxyl groups is 1. The number of nitrogens with zero attached hydrogens (tertiary/aromatic N) is 1. The molecule has 2 fully saturated rings. The molecule has 2 aliphatic rings. The molecule has 0 bridgehead atoms. The fourth-order valence-corrected chi connectivity index (χ4v) is 3.96. The maximum absolute atomic E-state index is 12.7. The van der Waals surface area contributed by atoms with Gasteiger partial charge in [-0.3, -0.25) is 9.59 Å². The van der Waals surface area contributed by atoms with E-state index in [0.717, 1.165) is 24.2 Å². The molecule has 2 aliphatic heterocycles. The van der Waals surface area contributed by atoms with Gasteiger partial charge in [-0.1, -0.05) is 18.2 Å². The Labute approximate surface area is 166 Å². The fraction of sp³-hybridized carbons (Fsp3) is 0.619. The maximum atomic E-state index is 12.7. The Morgan fingerprint density at radius 1 is 1.25 bits per heavy atom. The molecule has 1 aromatic carbocycles. The molecule has 1 aromatic rings. The lowest BCUT2D eigenvalue weighted by atomic mass is 9.91. The minimum absolute atomic E-state index is 0.0294. The average Bonchev–Trinajstić information content (AvgIpc) is 2.74. The van der Waals surface area contributed by atoms with Crippen LogP contribution < -0.4 is 10.1 Å². The van der Waals surface area contributed by atoms with Crippen LogP contribution in [0.3, 0.4) is 0 Å². The number of likely N-dealkylation sites (tertiary alicyclic amines) is 1. The summed E-state index contributed by atoms with van der Waals surface area (Å²) in [6, 6.07) is 7.70. The molecule has 2 amide bonds. The Bertz CT molecular complexity index is 675. The number of piperidine rings is 1. The second-order valence-electron chi connectivity index (χ2n) is 7.49. The summed E-state index contributed by atoms with van der Waals surface area (Å²) in [6.45, 7) is 2.45. The van der Waals surface area contributed by atoms with Gasteiger partial charge in [0, 0.05) is 38.8 Å². The van der Waals surface area contributed by atoms with Gasteiger partial charge in [0.1, 0.15) is 5.75 Å². The van der Waals surface area contributed by atoms with Gasteiger partial charge >= 0.3 is 0 Å². The van der Waals surface area contributed by atoms with Crippen molar-refractivity contribution in [3.63, 3.8) is 0 Å². The number of carbonyl (C=O) groups excluding carboxylic acids is 2. The third kappa shape index (κ3) is 5.02. The number of aliphatic hydroxyl groups excluding tert-OH is 1. The lowest BCUT2D eigenvalue weighted by molar-refractivity contribution is -0.145. The summed E-state index contributed by atoms with van der Waals surface area (Å²) in [4.78, 5) is 27.1. The van der Waals surface area contributed by atoms with Crippen LogP contribution in [0, 0.1) is 11.8 Å². The van der Waals surface area contributed by atoms with Gasteiger partial charge in [0.2, 0.25) is 11.8 Å². The number of carbonyl (C=O) groups is 2. The number of rotatable bonds is 6. The van der Waals surface area contributed by atoms with Gasteiger partial charge in [-0.15, -0.1) is 0 Å². The molecule has 28 heavy (non-hydrogen) atoms. The molecule has 2 N–H and O–H groups in total. The van der Waals surface area contributed by atoms with Gasteiger partial charge in [0.25, 0.3) is 0 Å². The summed E-state index contributed by atoms with van der Waals surface area (Å²) in [5.41, 5.74) is 1.02. The number of para-hydroxylation sites is 1. The van der Waals surface area contributed by atoms with Crippen molar-refractivity contribution in [2.75, 3.05) is 40.0 Å². The number of methoxy groups -OCH3 is 1. The lowest BCUT2D eigenvalue weighted by Gasteiger charge is -2.37. The summed E-state index contributed by atoms with van der Waals surface area (Å²) in [5, 5.41) is 13.2. The van der Waals surface area contributed by atoms with Gasteiger partial charge in [-0.2, -0.15) is 0 Å². The second-order valence-corrected chi connectivity index (χ2v) is 7.49. The Morgan fingerprint density at radius 2 is 2.00 bits per heavy atom. The fourth-order valence-electron chi connectivity index (χ4n) is 3.96. The van der Waals surface area contributed by atoms with Crippen LogP contribution in [-0.4, -0.2) is 67.9 Å². The van der Waals surface area contributed by atoms with Gasteiger partial charge in [-0.25, -0.2) is 0 Å². The van der Waals surface area contributed by atoms with Crippen molar-refractivity contribution >= 4 is 11.8 Å². The Kier molecular flexibility index (Phi) is 7.28. The van der Waals surface area contributed by atoms with Crippen LogP contribution in [0.2, 0.25) is 0 Å². The normalized spacial score (nSPS) is 23.3.